The molecule has 0 N–H and O–H groups in total. The van der Waals surface area contributed by atoms with Gasteiger partial charge in [-0.15, -0.1) is 0 Å². The van der Waals surface area contributed by atoms with Crippen LogP contribution in [0.5, 0.6) is 5.75 Å². The van der Waals surface area contributed by atoms with Crippen LogP contribution in [0.4, 0.5) is 0 Å². The average molecular weight is 399 g/mol. The summed E-state index contributed by atoms with van der Waals surface area (Å²) in [7, 11) is 0. The SMILES string of the molecule is Cc1ccc(C(C)C)c(OCCCn2c(-c3ccccc3C)nc3ccccc32)c1. The molecule has 0 aliphatic heterocycles. The third-order valence-electron chi connectivity index (χ3n) is 5.62. The Morgan fingerprint density at radius 2 is 1.70 bits per heavy atom. The van der Waals surface area contributed by atoms with E-state index in [0.29, 0.717) is 12.5 Å². The Bertz CT molecular complexity index is 1160. The van der Waals surface area contributed by atoms with E-state index in [1.165, 1.54) is 27.8 Å². The average Bonchev–Trinajstić information content (AvgIpc) is 3.10. The van der Waals surface area contributed by atoms with Gasteiger partial charge in [0.15, 0.2) is 0 Å². The fourth-order valence-electron chi connectivity index (χ4n) is 3.98. The lowest BCUT2D eigenvalue weighted by Gasteiger charge is -2.16. The Labute approximate surface area is 179 Å². The summed E-state index contributed by atoms with van der Waals surface area (Å²) in [6.07, 6.45) is 0.921. The van der Waals surface area contributed by atoms with E-state index in [9.17, 15) is 0 Å². The van der Waals surface area contributed by atoms with Crippen LogP contribution in [0.1, 0.15) is 42.9 Å². The second-order valence-electron chi connectivity index (χ2n) is 8.29. The van der Waals surface area contributed by atoms with E-state index in [1.54, 1.807) is 0 Å². The van der Waals surface area contributed by atoms with Crippen molar-refractivity contribution in [3.05, 3.63) is 83.4 Å². The maximum atomic E-state index is 6.23. The van der Waals surface area contributed by atoms with Gasteiger partial charge in [-0.3, -0.25) is 0 Å². The molecule has 1 heterocycles. The summed E-state index contributed by atoms with van der Waals surface area (Å²) in [5.41, 5.74) is 7.15. The van der Waals surface area contributed by atoms with Crippen LogP contribution in [0.2, 0.25) is 0 Å². The maximum Gasteiger partial charge on any atom is 0.141 e. The van der Waals surface area contributed by atoms with Crippen LogP contribution in [0, 0.1) is 13.8 Å². The van der Waals surface area contributed by atoms with E-state index in [4.69, 9.17) is 9.72 Å². The summed E-state index contributed by atoms with van der Waals surface area (Å²) in [5.74, 6) is 2.50. The van der Waals surface area contributed by atoms with Gasteiger partial charge >= 0.3 is 0 Å². The minimum absolute atomic E-state index is 0.450. The summed E-state index contributed by atoms with van der Waals surface area (Å²) in [4.78, 5) is 4.95. The Balaban J connectivity index is 1.56. The van der Waals surface area contributed by atoms with Crippen LogP contribution in [0.3, 0.4) is 0 Å². The first-order valence-electron chi connectivity index (χ1n) is 10.8. The molecule has 0 aliphatic carbocycles. The van der Waals surface area contributed by atoms with Gasteiger partial charge in [-0.25, -0.2) is 4.98 Å². The fourth-order valence-corrected chi connectivity index (χ4v) is 3.98. The van der Waals surface area contributed by atoms with Crippen molar-refractivity contribution in [3.63, 3.8) is 0 Å². The third kappa shape index (κ3) is 4.11. The van der Waals surface area contributed by atoms with Crippen molar-refractivity contribution in [3.8, 4) is 17.1 Å². The lowest BCUT2D eigenvalue weighted by molar-refractivity contribution is 0.298. The summed E-state index contributed by atoms with van der Waals surface area (Å²) in [6, 6.07) is 23.3. The van der Waals surface area contributed by atoms with Gasteiger partial charge in [0.05, 0.1) is 17.6 Å². The molecule has 0 amide bonds. The highest BCUT2D eigenvalue weighted by Gasteiger charge is 2.14. The quantitative estimate of drug-likeness (QED) is 0.316. The zero-order valence-electron chi connectivity index (χ0n) is 18.4. The van der Waals surface area contributed by atoms with Crippen molar-refractivity contribution in [2.24, 2.45) is 0 Å². The molecule has 4 aromatic rings. The normalized spacial score (nSPS) is 11.4. The molecule has 0 saturated carbocycles. The van der Waals surface area contributed by atoms with E-state index < -0.39 is 0 Å². The highest BCUT2D eigenvalue weighted by atomic mass is 16.5. The molecule has 3 aromatic carbocycles. The van der Waals surface area contributed by atoms with Crippen molar-refractivity contribution >= 4 is 11.0 Å². The largest absolute Gasteiger partial charge is 0.493 e. The number of rotatable bonds is 7. The van der Waals surface area contributed by atoms with Crippen LogP contribution in [0.15, 0.2) is 66.7 Å². The third-order valence-corrected chi connectivity index (χ3v) is 5.62. The molecule has 3 heteroatoms. The number of hydrogen-bond donors (Lipinski definition) is 0. The summed E-state index contributed by atoms with van der Waals surface area (Å²) < 4.78 is 8.56. The van der Waals surface area contributed by atoms with Crippen LogP contribution in [-0.4, -0.2) is 16.2 Å². The van der Waals surface area contributed by atoms with Crippen molar-refractivity contribution in [1.82, 2.24) is 9.55 Å². The van der Waals surface area contributed by atoms with Crippen molar-refractivity contribution in [1.29, 1.82) is 0 Å². The molecule has 0 unspecified atom stereocenters. The lowest BCUT2D eigenvalue weighted by atomic mass is 10.0. The van der Waals surface area contributed by atoms with Crippen LogP contribution < -0.4 is 4.74 Å². The van der Waals surface area contributed by atoms with Gasteiger partial charge in [0, 0.05) is 12.1 Å². The van der Waals surface area contributed by atoms with Gasteiger partial charge in [0.1, 0.15) is 11.6 Å². The lowest BCUT2D eigenvalue weighted by Crippen LogP contribution is -2.07. The Morgan fingerprint density at radius 1 is 0.933 bits per heavy atom. The first kappa shape index (κ1) is 20.2. The maximum absolute atomic E-state index is 6.23. The Hall–Kier alpha value is -3.07. The van der Waals surface area contributed by atoms with Gasteiger partial charge < -0.3 is 9.30 Å². The van der Waals surface area contributed by atoms with Gasteiger partial charge in [-0.05, 0) is 61.1 Å². The predicted molar refractivity (Wildman–Crippen MR) is 125 cm³/mol. The zero-order valence-corrected chi connectivity index (χ0v) is 18.4. The van der Waals surface area contributed by atoms with Crippen LogP contribution >= 0.6 is 0 Å². The fraction of sp³-hybridized carbons (Fsp3) is 0.296. The molecular weight excluding hydrogens is 368 g/mol. The van der Waals surface area contributed by atoms with Gasteiger partial charge in [-0.1, -0.05) is 62.4 Å². The second kappa shape index (κ2) is 8.74. The Morgan fingerprint density at radius 3 is 2.50 bits per heavy atom. The first-order chi connectivity index (χ1) is 14.5. The highest BCUT2D eigenvalue weighted by molar-refractivity contribution is 5.81. The van der Waals surface area contributed by atoms with Gasteiger partial charge in [0.2, 0.25) is 0 Å². The van der Waals surface area contributed by atoms with Gasteiger partial charge in [-0.2, -0.15) is 0 Å². The number of hydrogen-bond acceptors (Lipinski definition) is 2. The van der Waals surface area contributed by atoms with E-state index in [1.807, 2.05) is 0 Å². The number of ether oxygens (including phenoxy) is 1. The number of benzene rings is 3. The first-order valence-corrected chi connectivity index (χ1v) is 10.8. The summed E-state index contributed by atoms with van der Waals surface area (Å²) in [5, 5.41) is 0. The Kier molecular flexibility index (Phi) is 5.89. The topological polar surface area (TPSA) is 27.1 Å². The number of para-hydroxylation sites is 2. The minimum atomic E-state index is 0.450. The molecule has 30 heavy (non-hydrogen) atoms. The van der Waals surface area contributed by atoms with E-state index in [0.717, 1.165) is 30.1 Å². The molecule has 0 radical (unpaired) electrons. The molecular formula is C27H30N2O. The smallest absolute Gasteiger partial charge is 0.141 e. The van der Waals surface area contributed by atoms with E-state index in [-0.39, 0.29) is 0 Å². The highest BCUT2D eigenvalue weighted by Crippen LogP contribution is 2.29. The van der Waals surface area contributed by atoms with Crippen molar-refractivity contribution < 1.29 is 4.74 Å². The van der Waals surface area contributed by atoms with E-state index >= 15 is 0 Å². The van der Waals surface area contributed by atoms with Crippen molar-refractivity contribution in [2.75, 3.05) is 6.61 Å². The molecule has 3 nitrogen and oxygen atoms in total. The number of nitrogens with zero attached hydrogens (tertiary/aromatic N) is 2. The molecule has 154 valence electrons. The standard InChI is InChI=1S/C27H30N2O/c1-19(2)22-15-14-20(3)18-26(22)30-17-9-16-29-25-13-8-7-12-24(25)28-27(29)23-11-6-5-10-21(23)4/h5-8,10-15,18-19H,9,16-17H2,1-4H3. The molecule has 0 fully saturated rings. The molecule has 0 bridgehead atoms. The number of aromatic nitrogens is 2. The molecule has 0 spiro atoms. The zero-order chi connectivity index (χ0) is 21.1. The summed E-state index contributed by atoms with van der Waals surface area (Å²) in [6.45, 7) is 10.2. The molecule has 0 aliphatic rings. The molecule has 1 aromatic heterocycles. The number of fused-ring (bicyclic) bond motifs is 1. The predicted octanol–water partition coefficient (Wildman–Crippen LogP) is 6.91. The minimum Gasteiger partial charge on any atom is -0.493 e. The van der Waals surface area contributed by atoms with Gasteiger partial charge in [0.25, 0.3) is 0 Å². The number of aryl methyl sites for hydroxylation is 3. The van der Waals surface area contributed by atoms with Crippen molar-refractivity contribution in [2.45, 2.75) is 46.6 Å². The molecule has 0 saturated heterocycles. The van der Waals surface area contributed by atoms with Crippen LogP contribution in [0.25, 0.3) is 22.4 Å². The molecule has 0 atom stereocenters. The number of imidazole rings is 1. The monoisotopic (exact) mass is 398 g/mol. The molecule has 4 rings (SSSR count). The summed E-state index contributed by atoms with van der Waals surface area (Å²) >= 11 is 0. The second-order valence-corrected chi connectivity index (χ2v) is 8.29. The van der Waals surface area contributed by atoms with Crippen LogP contribution in [-0.2, 0) is 6.54 Å². The van der Waals surface area contributed by atoms with E-state index in [2.05, 4.69) is 99.0 Å².